The maximum Gasteiger partial charge on any atom is 0.345 e. The Kier molecular flexibility index (Phi) is 6.50. The first kappa shape index (κ1) is 23.6. The summed E-state index contributed by atoms with van der Waals surface area (Å²) >= 11 is 0. The van der Waals surface area contributed by atoms with E-state index in [1.165, 1.54) is 12.4 Å². The maximum absolute atomic E-state index is 12.6. The number of carbonyl (C=O) groups is 2. The van der Waals surface area contributed by atoms with E-state index in [0.717, 1.165) is 11.1 Å². The first-order valence-electron chi connectivity index (χ1n) is 11.3. The third-order valence-corrected chi connectivity index (χ3v) is 5.36. The molecular formula is C28H20N4O5. The third kappa shape index (κ3) is 5.25. The number of pyridine rings is 2. The molecule has 0 saturated carbocycles. The highest BCUT2D eigenvalue weighted by Crippen LogP contribution is 2.36. The summed E-state index contributed by atoms with van der Waals surface area (Å²) in [5, 5.41) is 8.36. The molecule has 5 rings (SSSR count). The predicted molar refractivity (Wildman–Crippen MR) is 133 cm³/mol. The Morgan fingerprint density at radius 3 is 1.54 bits per heavy atom. The molecule has 3 aromatic heterocycles. The minimum Gasteiger partial charge on any atom is -0.422 e. The van der Waals surface area contributed by atoms with Gasteiger partial charge in [0.15, 0.2) is 0 Å². The van der Waals surface area contributed by atoms with Crippen molar-refractivity contribution in [2.24, 2.45) is 0 Å². The number of nitrogens with zero attached hydrogens (tertiary/aromatic N) is 4. The largest absolute Gasteiger partial charge is 0.422 e. The van der Waals surface area contributed by atoms with Gasteiger partial charge in [0.2, 0.25) is 0 Å². The number of carbonyl (C=O) groups excluding carboxylic acids is 2. The molecule has 0 fully saturated rings. The van der Waals surface area contributed by atoms with E-state index in [9.17, 15) is 9.59 Å². The molecular weight excluding hydrogens is 472 g/mol. The topological polar surface area (TPSA) is 117 Å². The van der Waals surface area contributed by atoms with E-state index < -0.39 is 11.9 Å². The lowest BCUT2D eigenvalue weighted by molar-refractivity contribution is 0.0725. The Balaban J connectivity index is 1.47. The van der Waals surface area contributed by atoms with Crippen molar-refractivity contribution in [2.45, 2.75) is 13.8 Å². The molecule has 37 heavy (non-hydrogen) atoms. The molecule has 0 aliphatic heterocycles. The standard InChI is InChI=1S/C28H20N4O5/c1-17-7-9-23(35-27(33)19-5-3-11-29-15-19)21(13-17)25-31-32-26(37-25)22-14-18(2)8-10-24(22)36-28(34)20-6-4-12-30-16-20/h3-16H,1-2H3. The van der Waals surface area contributed by atoms with Crippen LogP contribution in [0.4, 0.5) is 0 Å². The normalized spacial score (nSPS) is 10.6. The number of benzene rings is 2. The van der Waals surface area contributed by atoms with Crippen molar-refractivity contribution in [3.05, 3.63) is 108 Å². The molecule has 3 heterocycles. The zero-order valence-electron chi connectivity index (χ0n) is 19.9. The van der Waals surface area contributed by atoms with Crippen molar-refractivity contribution in [3.63, 3.8) is 0 Å². The number of aromatic nitrogens is 4. The Hall–Kier alpha value is -5.18. The van der Waals surface area contributed by atoms with Crippen LogP contribution in [0, 0.1) is 13.8 Å². The number of hydrogen-bond acceptors (Lipinski definition) is 9. The van der Waals surface area contributed by atoms with Crippen LogP contribution in [0.5, 0.6) is 11.5 Å². The predicted octanol–water partition coefficient (Wildman–Crippen LogP) is 5.25. The van der Waals surface area contributed by atoms with Gasteiger partial charge < -0.3 is 13.9 Å². The zero-order valence-corrected chi connectivity index (χ0v) is 19.9. The van der Waals surface area contributed by atoms with E-state index in [1.807, 2.05) is 26.0 Å². The molecule has 0 aliphatic rings. The summed E-state index contributed by atoms with van der Waals surface area (Å²) in [7, 11) is 0. The smallest absolute Gasteiger partial charge is 0.345 e. The second-order valence-corrected chi connectivity index (χ2v) is 8.17. The van der Waals surface area contributed by atoms with Crippen LogP contribution in [0.15, 0.2) is 89.9 Å². The van der Waals surface area contributed by atoms with E-state index in [0.29, 0.717) is 22.3 Å². The highest BCUT2D eigenvalue weighted by atomic mass is 16.5. The lowest BCUT2D eigenvalue weighted by Crippen LogP contribution is -2.09. The summed E-state index contributed by atoms with van der Waals surface area (Å²) in [5.74, 6) is -0.357. The molecule has 9 nitrogen and oxygen atoms in total. The van der Waals surface area contributed by atoms with Crippen LogP contribution >= 0.6 is 0 Å². The monoisotopic (exact) mass is 492 g/mol. The van der Waals surface area contributed by atoms with Crippen LogP contribution in [0.2, 0.25) is 0 Å². The zero-order chi connectivity index (χ0) is 25.8. The Bertz CT molecular complexity index is 1470. The van der Waals surface area contributed by atoms with Crippen LogP contribution in [0.1, 0.15) is 31.8 Å². The quantitative estimate of drug-likeness (QED) is 0.231. The Morgan fingerprint density at radius 1 is 0.676 bits per heavy atom. The molecule has 5 aromatic rings. The number of esters is 2. The van der Waals surface area contributed by atoms with E-state index in [4.69, 9.17) is 13.9 Å². The van der Waals surface area contributed by atoms with Gasteiger partial charge in [-0.3, -0.25) is 9.97 Å². The van der Waals surface area contributed by atoms with Crippen LogP contribution in [0.3, 0.4) is 0 Å². The summed E-state index contributed by atoms with van der Waals surface area (Å²) in [6, 6.07) is 17.0. The fourth-order valence-electron chi connectivity index (χ4n) is 3.53. The van der Waals surface area contributed by atoms with Gasteiger partial charge in [-0.05, 0) is 62.4 Å². The molecule has 182 valence electrons. The van der Waals surface area contributed by atoms with Crippen LogP contribution < -0.4 is 9.47 Å². The molecule has 9 heteroatoms. The van der Waals surface area contributed by atoms with Gasteiger partial charge in [-0.25, -0.2) is 9.59 Å². The minimum atomic E-state index is -0.568. The van der Waals surface area contributed by atoms with Gasteiger partial charge in [-0.15, -0.1) is 10.2 Å². The third-order valence-electron chi connectivity index (χ3n) is 5.36. The highest BCUT2D eigenvalue weighted by molar-refractivity contribution is 5.92. The fourth-order valence-corrected chi connectivity index (χ4v) is 3.53. The SMILES string of the molecule is Cc1ccc(OC(=O)c2cccnc2)c(-c2nnc(-c3cc(C)ccc3OC(=O)c3cccnc3)o2)c1. The van der Waals surface area contributed by atoms with E-state index in [2.05, 4.69) is 20.2 Å². The first-order valence-corrected chi connectivity index (χ1v) is 11.3. The van der Waals surface area contributed by atoms with Crippen LogP contribution in [-0.4, -0.2) is 32.1 Å². The van der Waals surface area contributed by atoms with Gasteiger partial charge in [0.25, 0.3) is 11.8 Å². The van der Waals surface area contributed by atoms with Crippen molar-refractivity contribution >= 4 is 11.9 Å². The van der Waals surface area contributed by atoms with Crippen molar-refractivity contribution in [1.82, 2.24) is 20.2 Å². The number of aryl methyl sites for hydroxylation is 2. The van der Waals surface area contributed by atoms with Gasteiger partial charge in [-0.1, -0.05) is 23.3 Å². The van der Waals surface area contributed by atoms with E-state index in [-0.39, 0.29) is 23.3 Å². The lowest BCUT2D eigenvalue weighted by Gasteiger charge is -2.09. The summed E-state index contributed by atoms with van der Waals surface area (Å²) in [6.45, 7) is 3.79. The summed E-state index contributed by atoms with van der Waals surface area (Å²) in [4.78, 5) is 33.2. The molecule has 0 radical (unpaired) electrons. The van der Waals surface area contributed by atoms with Crippen molar-refractivity contribution in [2.75, 3.05) is 0 Å². The van der Waals surface area contributed by atoms with Gasteiger partial charge in [0, 0.05) is 24.8 Å². The lowest BCUT2D eigenvalue weighted by atomic mass is 10.1. The molecule has 0 saturated heterocycles. The molecule has 0 spiro atoms. The van der Waals surface area contributed by atoms with Gasteiger partial charge in [-0.2, -0.15) is 0 Å². The van der Waals surface area contributed by atoms with Crippen molar-refractivity contribution in [1.29, 1.82) is 0 Å². The van der Waals surface area contributed by atoms with Gasteiger partial charge in [0.1, 0.15) is 11.5 Å². The number of rotatable bonds is 6. The molecule has 0 aliphatic carbocycles. The van der Waals surface area contributed by atoms with Crippen LogP contribution in [0.25, 0.3) is 22.9 Å². The number of ether oxygens (including phenoxy) is 2. The molecule has 0 bridgehead atoms. The van der Waals surface area contributed by atoms with E-state index in [1.54, 1.807) is 60.9 Å². The molecule has 0 amide bonds. The maximum atomic E-state index is 12.6. The summed E-state index contributed by atoms with van der Waals surface area (Å²) < 4.78 is 17.2. The summed E-state index contributed by atoms with van der Waals surface area (Å²) in [5.41, 5.74) is 3.30. The molecule has 0 unspecified atom stereocenters. The second kappa shape index (κ2) is 10.2. The number of hydrogen-bond donors (Lipinski definition) is 0. The van der Waals surface area contributed by atoms with Gasteiger partial charge in [0.05, 0.1) is 22.3 Å². The molecule has 0 N–H and O–H groups in total. The van der Waals surface area contributed by atoms with Crippen molar-refractivity contribution < 1.29 is 23.5 Å². The van der Waals surface area contributed by atoms with Crippen molar-refractivity contribution in [3.8, 4) is 34.4 Å². The fraction of sp³-hybridized carbons (Fsp3) is 0.0714. The van der Waals surface area contributed by atoms with Crippen LogP contribution in [-0.2, 0) is 0 Å². The van der Waals surface area contributed by atoms with Gasteiger partial charge >= 0.3 is 11.9 Å². The molecule has 0 atom stereocenters. The average Bonchev–Trinajstić information content (AvgIpc) is 3.41. The molecule has 2 aromatic carbocycles. The van der Waals surface area contributed by atoms with E-state index >= 15 is 0 Å². The summed E-state index contributed by atoms with van der Waals surface area (Å²) in [6.07, 6.45) is 5.99. The second-order valence-electron chi connectivity index (χ2n) is 8.17. The minimum absolute atomic E-state index is 0.138. The Morgan fingerprint density at radius 2 is 1.14 bits per heavy atom. The highest BCUT2D eigenvalue weighted by Gasteiger charge is 2.21. The Labute approximate surface area is 211 Å². The first-order chi connectivity index (χ1) is 18.0. The average molecular weight is 492 g/mol.